The average molecular weight is 396 g/mol. The number of nitrogens with zero attached hydrogens (tertiary/aromatic N) is 4. The molecule has 1 amide bonds. The van der Waals surface area contributed by atoms with Crippen LogP contribution in [-0.4, -0.2) is 37.4 Å². The first-order valence-electron chi connectivity index (χ1n) is 9.88. The molecule has 6 heteroatoms. The number of aromatic nitrogens is 3. The number of hydrogen-bond donors (Lipinski definition) is 1. The van der Waals surface area contributed by atoms with Crippen molar-refractivity contribution in [1.29, 1.82) is 0 Å². The van der Waals surface area contributed by atoms with Crippen LogP contribution in [0.4, 0.5) is 0 Å². The van der Waals surface area contributed by atoms with Crippen LogP contribution in [0.15, 0.2) is 60.9 Å². The van der Waals surface area contributed by atoms with Crippen molar-refractivity contribution in [3.8, 4) is 17.1 Å². The van der Waals surface area contributed by atoms with E-state index < -0.39 is 0 Å². The van der Waals surface area contributed by atoms with Crippen LogP contribution in [0.25, 0.3) is 22.3 Å². The van der Waals surface area contributed by atoms with E-state index in [9.17, 15) is 9.90 Å². The Morgan fingerprint density at radius 2 is 1.93 bits per heavy atom. The maximum atomic E-state index is 13.5. The van der Waals surface area contributed by atoms with Gasteiger partial charge in [0, 0.05) is 42.0 Å². The normalized spacial score (nSPS) is 13.3. The molecule has 0 fully saturated rings. The number of phenolic OH excluding ortho intramolecular Hbond substituents is 1. The first kappa shape index (κ1) is 18.2. The Morgan fingerprint density at radius 1 is 1.07 bits per heavy atom. The second kappa shape index (κ2) is 7.22. The van der Waals surface area contributed by atoms with Gasteiger partial charge in [0.25, 0.3) is 5.91 Å². The molecule has 6 nitrogen and oxygen atoms in total. The Morgan fingerprint density at radius 3 is 2.77 bits per heavy atom. The van der Waals surface area contributed by atoms with Gasteiger partial charge in [-0.25, -0.2) is 9.97 Å². The molecular weight excluding hydrogens is 376 g/mol. The highest BCUT2D eigenvalue weighted by Crippen LogP contribution is 2.31. The first-order chi connectivity index (χ1) is 14.6. The van der Waals surface area contributed by atoms with Crippen LogP contribution in [0, 0.1) is 6.92 Å². The molecule has 2 aromatic heterocycles. The molecule has 0 spiro atoms. The summed E-state index contributed by atoms with van der Waals surface area (Å²) in [5.41, 5.74) is 4.64. The Balaban J connectivity index is 1.57. The number of phenols is 1. The maximum absolute atomic E-state index is 13.5. The molecule has 0 saturated heterocycles. The number of aryl methyl sites for hydroxylation is 1. The van der Waals surface area contributed by atoms with Crippen molar-refractivity contribution in [2.24, 2.45) is 0 Å². The van der Waals surface area contributed by atoms with Crippen LogP contribution in [0.3, 0.4) is 0 Å². The minimum Gasteiger partial charge on any atom is -0.507 e. The van der Waals surface area contributed by atoms with E-state index in [1.54, 1.807) is 17.3 Å². The van der Waals surface area contributed by atoms with E-state index in [0.29, 0.717) is 36.8 Å². The van der Waals surface area contributed by atoms with Gasteiger partial charge in [-0.1, -0.05) is 30.3 Å². The Kier molecular flexibility index (Phi) is 4.39. The van der Waals surface area contributed by atoms with Crippen molar-refractivity contribution in [3.63, 3.8) is 0 Å². The topological polar surface area (TPSA) is 79.2 Å². The summed E-state index contributed by atoms with van der Waals surface area (Å²) < 4.78 is 0. The fraction of sp³-hybridized carbons (Fsp3) is 0.167. The summed E-state index contributed by atoms with van der Waals surface area (Å²) in [4.78, 5) is 28.7. The third-order valence-electron chi connectivity index (χ3n) is 5.59. The third kappa shape index (κ3) is 3.06. The highest BCUT2D eigenvalue weighted by molar-refractivity contribution is 6.05. The number of rotatable bonds is 2. The van der Waals surface area contributed by atoms with E-state index in [1.165, 1.54) is 0 Å². The molecule has 1 aliphatic heterocycles. The Labute approximate surface area is 173 Å². The fourth-order valence-electron chi connectivity index (χ4n) is 3.94. The molecule has 0 bridgehead atoms. The predicted octanol–water partition coefficient (Wildman–Crippen LogP) is 3.90. The van der Waals surface area contributed by atoms with Gasteiger partial charge in [-0.2, -0.15) is 0 Å². The van der Waals surface area contributed by atoms with Gasteiger partial charge < -0.3 is 10.0 Å². The summed E-state index contributed by atoms with van der Waals surface area (Å²) in [6, 6.07) is 15.1. The number of pyridine rings is 1. The Bertz CT molecular complexity index is 1270. The molecule has 0 radical (unpaired) electrons. The lowest BCUT2D eigenvalue weighted by Crippen LogP contribution is -2.36. The summed E-state index contributed by atoms with van der Waals surface area (Å²) in [6.07, 6.45) is 4.01. The van der Waals surface area contributed by atoms with Crippen molar-refractivity contribution >= 4 is 16.8 Å². The molecule has 0 unspecified atom stereocenters. The molecule has 5 rings (SSSR count). The summed E-state index contributed by atoms with van der Waals surface area (Å²) in [6.45, 7) is 2.87. The number of para-hydroxylation sites is 1. The molecule has 4 aromatic rings. The number of benzene rings is 2. The van der Waals surface area contributed by atoms with E-state index in [4.69, 9.17) is 0 Å². The zero-order valence-electron chi connectivity index (χ0n) is 16.5. The standard InChI is InChI=1S/C24H20N4O2/c1-15-8-9-17-14-28(12-10-18(17)22(15)29)24(30)21-19-6-2-3-7-20(19)26-23(27-21)16-5-4-11-25-13-16/h2-9,11,13,29H,10,12,14H2,1H3. The van der Waals surface area contributed by atoms with Crippen molar-refractivity contribution in [3.05, 3.63) is 83.3 Å². The van der Waals surface area contributed by atoms with Gasteiger partial charge in [-0.15, -0.1) is 0 Å². The lowest BCUT2D eigenvalue weighted by molar-refractivity contribution is 0.0730. The van der Waals surface area contributed by atoms with Crippen molar-refractivity contribution < 1.29 is 9.90 Å². The van der Waals surface area contributed by atoms with Crippen molar-refractivity contribution in [2.75, 3.05) is 6.54 Å². The molecule has 30 heavy (non-hydrogen) atoms. The van der Waals surface area contributed by atoms with Gasteiger partial charge in [0.15, 0.2) is 5.82 Å². The minimum atomic E-state index is -0.135. The largest absolute Gasteiger partial charge is 0.507 e. The third-order valence-corrected chi connectivity index (χ3v) is 5.59. The fourth-order valence-corrected chi connectivity index (χ4v) is 3.94. The van der Waals surface area contributed by atoms with Crippen molar-refractivity contribution in [1.82, 2.24) is 19.9 Å². The molecular formula is C24H20N4O2. The predicted molar refractivity (Wildman–Crippen MR) is 114 cm³/mol. The highest BCUT2D eigenvalue weighted by atomic mass is 16.3. The molecule has 3 heterocycles. The van der Waals surface area contributed by atoms with Crippen molar-refractivity contribution in [2.45, 2.75) is 19.9 Å². The summed E-state index contributed by atoms with van der Waals surface area (Å²) in [5.74, 6) is 0.686. The van der Waals surface area contributed by atoms with Crippen LogP contribution in [0.5, 0.6) is 5.75 Å². The number of carbonyl (C=O) groups excluding carboxylic acids is 1. The number of aromatic hydroxyl groups is 1. The zero-order chi connectivity index (χ0) is 20.7. The molecule has 148 valence electrons. The summed E-state index contributed by atoms with van der Waals surface area (Å²) in [7, 11) is 0. The van der Waals surface area contributed by atoms with Crippen LogP contribution in [0.2, 0.25) is 0 Å². The number of carbonyl (C=O) groups is 1. The SMILES string of the molecule is Cc1ccc2c(c1O)CCN(C(=O)c1nc(-c3cccnc3)nc3ccccc13)C2. The Hall–Kier alpha value is -3.80. The number of hydrogen-bond acceptors (Lipinski definition) is 5. The van der Waals surface area contributed by atoms with Gasteiger partial charge in [0.2, 0.25) is 0 Å². The second-order valence-electron chi connectivity index (χ2n) is 7.50. The molecule has 0 atom stereocenters. The lowest BCUT2D eigenvalue weighted by Gasteiger charge is -2.29. The average Bonchev–Trinajstić information content (AvgIpc) is 2.80. The van der Waals surface area contributed by atoms with Gasteiger partial charge in [-0.05, 0) is 42.7 Å². The molecule has 1 N–H and O–H groups in total. The first-order valence-corrected chi connectivity index (χ1v) is 9.88. The van der Waals surface area contributed by atoms with E-state index in [-0.39, 0.29) is 5.91 Å². The van der Waals surface area contributed by atoms with Gasteiger partial charge in [0.05, 0.1) is 5.52 Å². The quantitative estimate of drug-likeness (QED) is 0.556. The van der Waals surface area contributed by atoms with Crippen LogP contribution >= 0.6 is 0 Å². The van der Waals surface area contributed by atoms with E-state index in [2.05, 4.69) is 15.0 Å². The maximum Gasteiger partial charge on any atom is 0.273 e. The summed E-state index contributed by atoms with van der Waals surface area (Å²) in [5, 5.41) is 11.1. The number of amides is 1. The molecule has 2 aromatic carbocycles. The molecule has 0 aliphatic carbocycles. The van der Waals surface area contributed by atoms with Crippen LogP contribution < -0.4 is 0 Å². The van der Waals surface area contributed by atoms with Crippen LogP contribution in [-0.2, 0) is 13.0 Å². The van der Waals surface area contributed by atoms with Gasteiger partial charge in [0.1, 0.15) is 11.4 Å². The van der Waals surface area contributed by atoms with Crippen LogP contribution in [0.1, 0.15) is 27.2 Å². The summed E-state index contributed by atoms with van der Waals surface area (Å²) >= 11 is 0. The monoisotopic (exact) mass is 396 g/mol. The molecule has 1 aliphatic rings. The second-order valence-corrected chi connectivity index (χ2v) is 7.50. The van der Waals surface area contributed by atoms with Gasteiger partial charge in [-0.3, -0.25) is 9.78 Å². The van der Waals surface area contributed by atoms with E-state index in [0.717, 1.165) is 33.2 Å². The van der Waals surface area contributed by atoms with E-state index >= 15 is 0 Å². The minimum absolute atomic E-state index is 0.135. The smallest absolute Gasteiger partial charge is 0.273 e. The zero-order valence-corrected chi connectivity index (χ0v) is 16.5. The van der Waals surface area contributed by atoms with Gasteiger partial charge >= 0.3 is 0 Å². The molecule has 0 saturated carbocycles. The number of fused-ring (bicyclic) bond motifs is 2. The lowest BCUT2D eigenvalue weighted by atomic mass is 9.96. The van der Waals surface area contributed by atoms with E-state index in [1.807, 2.05) is 55.5 Å². The highest BCUT2D eigenvalue weighted by Gasteiger charge is 2.26.